The fourth-order valence-corrected chi connectivity index (χ4v) is 2.75. The molecule has 174 valence electrons. The van der Waals surface area contributed by atoms with Crippen LogP contribution in [-0.2, 0) is 14.3 Å². The normalized spacial score (nSPS) is 10.8. The number of ether oxygens (including phenoxy) is 2. The van der Waals surface area contributed by atoms with Crippen molar-refractivity contribution >= 4 is 40.5 Å². The Morgan fingerprint density at radius 1 is 1.06 bits per heavy atom. The average Bonchev–Trinajstić information content (AvgIpc) is 2.82. The third kappa shape index (κ3) is 6.71. The molecule has 0 heterocycles. The van der Waals surface area contributed by atoms with Gasteiger partial charge < -0.3 is 19.9 Å². The molecule has 0 atom stereocenters. The van der Waals surface area contributed by atoms with Crippen LogP contribution in [0.2, 0.25) is 0 Å². The van der Waals surface area contributed by atoms with Gasteiger partial charge >= 0.3 is 5.97 Å². The molecular weight excluding hydrogens is 430 g/mol. The topological polar surface area (TPSA) is 143 Å². The summed E-state index contributed by atoms with van der Waals surface area (Å²) in [5.41, 5.74) is 2.90. The van der Waals surface area contributed by atoms with Crippen molar-refractivity contribution in [3.8, 4) is 5.75 Å². The second-order valence-corrected chi connectivity index (χ2v) is 6.68. The van der Waals surface area contributed by atoms with E-state index in [2.05, 4.69) is 15.8 Å². The number of amides is 1. The van der Waals surface area contributed by atoms with Gasteiger partial charge in [-0.1, -0.05) is 19.1 Å². The molecule has 0 aliphatic carbocycles. The molecule has 10 heteroatoms. The number of hydrogen-bond donors (Lipinski definition) is 3. The van der Waals surface area contributed by atoms with Crippen molar-refractivity contribution in [1.29, 1.82) is 0 Å². The van der Waals surface area contributed by atoms with Gasteiger partial charge in [-0.05, 0) is 30.3 Å². The SMILES string of the molecule is CCC(=O)c1ccc(C(=O)OC)cc1N/N=C(/C(C)=O)C(=O)Nc1ccccc1OCCO. The van der Waals surface area contributed by atoms with Crippen LogP contribution in [0.25, 0.3) is 0 Å². The van der Waals surface area contributed by atoms with E-state index in [-0.39, 0.29) is 47.9 Å². The fourth-order valence-electron chi connectivity index (χ4n) is 2.75. The number of nitrogens with zero attached hydrogens (tertiary/aromatic N) is 1. The van der Waals surface area contributed by atoms with Gasteiger partial charge in [0.15, 0.2) is 17.3 Å². The van der Waals surface area contributed by atoms with Crippen molar-refractivity contribution in [2.24, 2.45) is 5.10 Å². The number of rotatable bonds is 11. The molecule has 2 aromatic carbocycles. The summed E-state index contributed by atoms with van der Waals surface area (Å²) in [6.45, 7) is 2.65. The van der Waals surface area contributed by atoms with E-state index in [1.165, 1.54) is 25.3 Å². The van der Waals surface area contributed by atoms with Crippen LogP contribution in [0.3, 0.4) is 0 Å². The summed E-state index contributed by atoms with van der Waals surface area (Å²) in [6, 6.07) is 10.7. The number of methoxy groups -OCH3 is 1. The molecule has 2 rings (SSSR count). The second-order valence-electron chi connectivity index (χ2n) is 6.68. The minimum Gasteiger partial charge on any atom is -0.489 e. The number of aliphatic hydroxyl groups is 1. The smallest absolute Gasteiger partial charge is 0.337 e. The van der Waals surface area contributed by atoms with Gasteiger partial charge in [0.1, 0.15) is 12.4 Å². The Hall–Kier alpha value is -4.05. The molecule has 2 aromatic rings. The first kappa shape index (κ1) is 25.2. The second kappa shape index (κ2) is 12.1. The summed E-state index contributed by atoms with van der Waals surface area (Å²) >= 11 is 0. The van der Waals surface area contributed by atoms with E-state index < -0.39 is 23.4 Å². The number of carbonyl (C=O) groups excluding carboxylic acids is 4. The Morgan fingerprint density at radius 2 is 1.79 bits per heavy atom. The molecule has 0 fully saturated rings. The van der Waals surface area contributed by atoms with Crippen LogP contribution in [0.1, 0.15) is 41.0 Å². The molecule has 0 bridgehead atoms. The van der Waals surface area contributed by atoms with Gasteiger partial charge in [-0.3, -0.25) is 19.8 Å². The lowest BCUT2D eigenvalue weighted by Gasteiger charge is -2.13. The van der Waals surface area contributed by atoms with Crippen molar-refractivity contribution in [2.45, 2.75) is 20.3 Å². The van der Waals surface area contributed by atoms with Crippen LogP contribution in [0.15, 0.2) is 47.6 Å². The molecule has 0 aromatic heterocycles. The fraction of sp³-hybridized carbons (Fsp3) is 0.261. The number of ketones is 2. The highest BCUT2D eigenvalue weighted by atomic mass is 16.5. The number of Topliss-reactive ketones (excluding diaryl/α,β-unsaturated/α-hetero) is 2. The van der Waals surface area contributed by atoms with Crippen molar-refractivity contribution in [1.82, 2.24) is 0 Å². The molecular formula is C23H25N3O7. The summed E-state index contributed by atoms with van der Waals surface area (Å²) in [7, 11) is 1.22. The van der Waals surface area contributed by atoms with Crippen LogP contribution >= 0.6 is 0 Å². The van der Waals surface area contributed by atoms with Gasteiger partial charge in [-0.25, -0.2) is 4.79 Å². The molecule has 0 aliphatic heterocycles. The van der Waals surface area contributed by atoms with E-state index in [1.807, 2.05) is 0 Å². The Morgan fingerprint density at radius 3 is 2.42 bits per heavy atom. The van der Waals surface area contributed by atoms with Crippen LogP contribution in [0.4, 0.5) is 11.4 Å². The monoisotopic (exact) mass is 455 g/mol. The van der Waals surface area contributed by atoms with Gasteiger partial charge in [0, 0.05) is 18.9 Å². The first-order chi connectivity index (χ1) is 15.8. The van der Waals surface area contributed by atoms with E-state index >= 15 is 0 Å². The number of hydrazone groups is 1. The van der Waals surface area contributed by atoms with Gasteiger partial charge in [-0.15, -0.1) is 0 Å². The van der Waals surface area contributed by atoms with Crippen molar-refractivity contribution in [2.75, 3.05) is 31.1 Å². The predicted octanol–water partition coefficient (Wildman–Crippen LogP) is 2.43. The predicted molar refractivity (Wildman–Crippen MR) is 122 cm³/mol. The molecule has 0 saturated heterocycles. The highest BCUT2D eigenvalue weighted by molar-refractivity contribution is 6.67. The Bertz CT molecular complexity index is 1080. The number of carbonyl (C=O) groups is 4. The van der Waals surface area contributed by atoms with Crippen molar-refractivity contribution in [3.63, 3.8) is 0 Å². The number of hydrogen-bond acceptors (Lipinski definition) is 9. The lowest BCUT2D eigenvalue weighted by molar-refractivity contribution is -0.114. The Kier molecular flexibility index (Phi) is 9.25. The molecule has 0 spiro atoms. The number of nitrogens with one attached hydrogen (secondary N) is 2. The number of aliphatic hydroxyl groups excluding tert-OH is 1. The Balaban J connectivity index is 2.35. The van der Waals surface area contributed by atoms with Gasteiger partial charge in [-0.2, -0.15) is 5.10 Å². The summed E-state index contributed by atoms with van der Waals surface area (Å²) in [5, 5.41) is 15.4. The minimum absolute atomic E-state index is 0.0207. The van der Waals surface area contributed by atoms with Crippen molar-refractivity contribution in [3.05, 3.63) is 53.6 Å². The van der Waals surface area contributed by atoms with Gasteiger partial charge in [0.05, 0.1) is 30.7 Å². The van der Waals surface area contributed by atoms with E-state index in [0.29, 0.717) is 5.75 Å². The summed E-state index contributed by atoms with van der Waals surface area (Å²) in [5.74, 6) is -2.00. The van der Waals surface area contributed by atoms with Crippen molar-refractivity contribution < 1.29 is 33.8 Å². The molecule has 0 saturated carbocycles. The lowest BCUT2D eigenvalue weighted by atomic mass is 10.0. The van der Waals surface area contributed by atoms with Crippen LogP contribution in [-0.4, -0.2) is 54.6 Å². The first-order valence-electron chi connectivity index (χ1n) is 10.1. The zero-order valence-electron chi connectivity index (χ0n) is 18.5. The Labute approximate surface area is 190 Å². The number of para-hydroxylation sites is 2. The molecule has 0 aliphatic rings. The van der Waals surface area contributed by atoms with E-state index in [9.17, 15) is 19.2 Å². The third-order valence-electron chi connectivity index (χ3n) is 4.38. The van der Waals surface area contributed by atoms with E-state index in [4.69, 9.17) is 14.6 Å². The lowest BCUT2D eigenvalue weighted by Crippen LogP contribution is -2.29. The van der Waals surface area contributed by atoms with E-state index in [0.717, 1.165) is 6.92 Å². The molecule has 3 N–H and O–H groups in total. The summed E-state index contributed by atoms with van der Waals surface area (Å²) < 4.78 is 10.1. The molecule has 10 nitrogen and oxygen atoms in total. The van der Waals surface area contributed by atoms with Gasteiger partial charge in [0.25, 0.3) is 5.91 Å². The summed E-state index contributed by atoms with van der Waals surface area (Å²) in [6.07, 6.45) is 0.195. The highest BCUT2D eigenvalue weighted by Crippen LogP contribution is 2.24. The maximum Gasteiger partial charge on any atom is 0.337 e. The van der Waals surface area contributed by atoms with E-state index in [1.54, 1.807) is 31.2 Å². The van der Waals surface area contributed by atoms with Crippen LogP contribution in [0.5, 0.6) is 5.75 Å². The molecule has 0 unspecified atom stereocenters. The quantitative estimate of drug-likeness (QED) is 0.154. The zero-order valence-corrected chi connectivity index (χ0v) is 18.5. The third-order valence-corrected chi connectivity index (χ3v) is 4.38. The molecule has 0 radical (unpaired) electrons. The summed E-state index contributed by atoms with van der Waals surface area (Å²) in [4.78, 5) is 49.0. The number of anilines is 2. The first-order valence-corrected chi connectivity index (χ1v) is 10.1. The molecule has 1 amide bonds. The highest BCUT2D eigenvalue weighted by Gasteiger charge is 2.20. The number of benzene rings is 2. The maximum atomic E-state index is 12.7. The zero-order chi connectivity index (χ0) is 24.4. The standard InChI is InChI=1S/C23H25N3O7/c1-4-19(29)16-10-9-15(23(31)32-3)13-18(16)25-26-21(14(2)28)22(30)24-17-7-5-6-8-20(17)33-12-11-27/h5-10,13,25,27H,4,11-12H2,1-3H3,(H,24,30)/b26-21-. The van der Waals surface area contributed by atoms with Crippen LogP contribution in [0, 0.1) is 0 Å². The largest absolute Gasteiger partial charge is 0.489 e. The van der Waals surface area contributed by atoms with Gasteiger partial charge in [0.2, 0.25) is 0 Å². The average molecular weight is 455 g/mol. The number of esters is 1. The van der Waals surface area contributed by atoms with Crippen LogP contribution < -0.4 is 15.5 Å². The molecule has 33 heavy (non-hydrogen) atoms. The maximum absolute atomic E-state index is 12.7. The minimum atomic E-state index is -0.817.